The molecule has 0 saturated carbocycles. The van der Waals surface area contributed by atoms with Crippen LogP contribution in [0.1, 0.15) is 68.6 Å². The van der Waals surface area contributed by atoms with Crippen LogP contribution in [-0.4, -0.2) is 45.2 Å². The van der Waals surface area contributed by atoms with E-state index in [0.29, 0.717) is 5.56 Å². The summed E-state index contributed by atoms with van der Waals surface area (Å²) in [5.74, 6) is 2.68. The Labute approximate surface area is 167 Å². The summed E-state index contributed by atoms with van der Waals surface area (Å²) in [4.78, 5) is 15.1. The third-order valence-corrected chi connectivity index (χ3v) is 5.83. The molecule has 0 aliphatic carbocycles. The Kier molecular flexibility index (Phi) is 6.88. The van der Waals surface area contributed by atoms with Crippen LogP contribution in [0.25, 0.3) is 0 Å². The van der Waals surface area contributed by atoms with Crippen LogP contribution in [0.5, 0.6) is 0 Å². The zero-order valence-corrected chi connectivity index (χ0v) is 17.5. The lowest BCUT2D eigenvalue weighted by molar-refractivity contribution is 0.0921. The molecule has 1 unspecified atom stereocenters. The zero-order valence-electron chi connectivity index (χ0n) is 17.5. The van der Waals surface area contributed by atoms with Crippen molar-refractivity contribution in [3.8, 4) is 0 Å². The highest BCUT2D eigenvalue weighted by atomic mass is 16.3. The molecule has 1 atom stereocenters. The Bertz CT molecular complexity index is 749. The zero-order chi connectivity index (χ0) is 20.1. The largest absolute Gasteiger partial charge is 0.472 e. The van der Waals surface area contributed by atoms with E-state index in [9.17, 15) is 4.79 Å². The van der Waals surface area contributed by atoms with Gasteiger partial charge in [-0.2, -0.15) is 0 Å². The number of hydrogen-bond acceptors (Lipinski definition) is 5. The minimum absolute atomic E-state index is 0.145. The molecule has 3 heterocycles. The van der Waals surface area contributed by atoms with E-state index < -0.39 is 0 Å². The Morgan fingerprint density at radius 1 is 1.21 bits per heavy atom. The van der Waals surface area contributed by atoms with Crippen LogP contribution >= 0.6 is 0 Å². The molecular formula is C21H33N5O2. The number of rotatable bonds is 8. The van der Waals surface area contributed by atoms with Crippen molar-refractivity contribution in [2.24, 2.45) is 11.8 Å². The van der Waals surface area contributed by atoms with Crippen LogP contribution in [0, 0.1) is 11.8 Å². The number of furan rings is 1. The smallest absolute Gasteiger partial charge is 0.255 e. The molecule has 7 nitrogen and oxygen atoms in total. The van der Waals surface area contributed by atoms with Gasteiger partial charge in [-0.3, -0.25) is 4.79 Å². The van der Waals surface area contributed by atoms with Crippen LogP contribution in [0.3, 0.4) is 0 Å². The Morgan fingerprint density at radius 3 is 2.64 bits per heavy atom. The number of aromatic nitrogens is 3. The van der Waals surface area contributed by atoms with Gasteiger partial charge in [-0.15, -0.1) is 10.2 Å². The third-order valence-electron chi connectivity index (χ3n) is 5.83. The minimum atomic E-state index is -0.186. The average Bonchev–Trinajstić information content (AvgIpc) is 3.31. The molecule has 0 aromatic carbocycles. The molecule has 0 bridgehead atoms. The number of carbonyl (C=O) groups is 1. The van der Waals surface area contributed by atoms with E-state index in [1.807, 2.05) is 0 Å². The van der Waals surface area contributed by atoms with Crippen LogP contribution in [0.15, 0.2) is 23.0 Å². The van der Waals surface area contributed by atoms with Crippen molar-refractivity contribution in [2.75, 3.05) is 19.6 Å². The van der Waals surface area contributed by atoms with Crippen LogP contribution in [0.4, 0.5) is 0 Å². The normalized spacial score (nSPS) is 16.2. The molecule has 7 heteroatoms. The molecule has 2 aromatic heterocycles. The summed E-state index contributed by atoms with van der Waals surface area (Å²) < 4.78 is 7.25. The van der Waals surface area contributed by atoms with E-state index in [-0.39, 0.29) is 17.9 Å². The Hall–Kier alpha value is -2.15. The summed E-state index contributed by atoms with van der Waals surface area (Å²) in [6, 6.07) is 1.49. The van der Waals surface area contributed by atoms with E-state index in [1.165, 1.54) is 25.4 Å². The van der Waals surface area contributed by atoms with Crippen molar-refractivity contribution in [1.82, 2.24) is 25.0 Å². The summed E-state index contributed by atoms with van der Waals surface area (Å²) in [6.07, 6.45) is 6.32. The lowest BCUT2D eigenvalue weighted by Gasteiger charge is -2.25. The number of hydrogen-bond donors (Lipinski definition) is 1. The molecule has 1 N–H and O–H groups in total. The van der Waals surface area contributed by atoms with Gasteiger partial charge in [0.05, 0.1) is 17.9 Å². The fraction of sp³-hybridized carbons (Fsp3) is 0.667. The van der Waals surface area contributed by atoms with E-state index in [1.54, 1.807) is 6.07 Å². The number of nitrogens with one attached hydrogen (secondary N) is 1. The molecule has 0 spiro atoms. The summed E-state index contributed by atoms with van der Waals surface area (Å²) in [5, 5.41) is 12.0. The highest BCUT2D eigenvalue weighted by Gasteiger charge is 2.28. The van der Waals surface area contributed by atoms with Crippen LogP contribution < -0.4 is 5.32 Å². The maximum absolute atomic E-state index is 12.6. The monoisotopic (exact) mass is 387 g/mol. The maximum Gasteiger partial charge on any atom is 0.255 e. The van der Waals surface area contributed by atoms with Gasteiger partial charge >= 0.3 is 0 Å². The Morgan fingerprint density at radius 2 is 2.00 bits per heavy atom. The first-order valence-electron chi connectivity index (χ1n) is 10.5. The molecule has 28 heavy (non-hydrogen) atoms. The van der Waals surface area contributed by atoms with Gasteiger partial charge in [-0.05, 0) is 17.9 Å². The fourth-order valence-electron chi connectivity index (χ4n) is 3.86. The second-order valence-corrected chi connectivity index (χ2v) is 8.07. The first-order chi connectivity index (χ1) is 13.5. The Balaban J connectivity index is 1.74. The van der Waals surface area contributed by atoms with E-state index >= 15 is 0 Å². The van der Waals surface area contributed by atoms with Crippen molar-refractivity contribution in [1.29, 1.82) is 0 Å². The number of carbonyl (C=O) groups excluding carboxylic acids is 1. The van der Waals surface area contributed by atoms with Crippen LogP contribution in [0.2, 0.25) is 0 Å². The first-order valence-corrected chi connectivity index (χ1v) is 10.5. The molecule has 154 valence electrons. The molecule has 1 amide bonds. The van der Waals surface area contributed by atoms with Gasteiger partial charge < -0.3 is 19.2 Å². The quantitative estimate of drug-likeness (QED) is 0.752. The molecule has 1 aliphatic rings. The lowest BCUT2D eigenvalue weighted by Crippen LogP contribution is -2.35. The second kappa shape index (κ2) is 9.37. The van der Waals surface area contributed by atoms with Crippen molar-refractivity contribution in [3.63, 3.8) is 0 Å². The second-order valence-electron chi connectivity index (χ2n) is 8.07. The SMILES string of the molecule is CCC(CC)CN1CCc2nnc(C(NC(=O)c3ccoc3)C(C)C)n2CC1. The maximum atomic E-state index is 12.6. The highest BCUT2D eigenvalue weighted by Crippen LogP contribution is 2.23. The fourth-order valence-corrected chi connectivity index (χ4v) is 3.86. The topological polar surface area (TPSA) is 76.2 Å². The predicted octanol–water partition coefficient (Wildman–Crippen LogP) is 3.29. The standard InChI is InChI=1S/C21H33N5O2/c1-5-16(6-2)13-25-9-7-18-23-24-20(26(18)11-10-25)19(15(3)4)22-21(27)17-8-12-28-14-17/h8,12,14-16,19H,5-7,9-11,13H2,1-4H3,(H,22,27). The molecule has 2 aromatic rings. The van der Waals surface area contributed by atoms with E-state index in [4.69, 9.17) is 4.42 Å². The van der Waals surface area contributed by atoms with Gasteiger partial charge in [0.25, 0.3) is 5.91 Å². The first kappa shape index (κ1) is 20.6. The van der Waals surface area contributed by atoms with E-state index in [2.05, 4.69) is 52.7 Å². The minimum Gasteiger partial charge on any atom is -0.472 e. The third kappa shape index (κ3) is 4.63. The highest BCUT2D eigenvalue weighted by molar-refractivity contribution is 5.94. The molecule has 0 saturated heterocycles. The molecule has 3 rings (SSSR count). The van der Waals surface area contributed by atoms with Gasteiger partial charge in [0.2, 0.25) is 0 Å². The van der Waals surface area contributed by atoms with Crippen molar-refractivity contribution < 1.29 is 9.21 Å². The number of amides is 1. The average molecular weight is 388 g/mol. The van der Waals surface area contributed by atoms with Gasteiger partial charge in [0.15, 0.2) is 5.82 Å². The summed E-state index contributed by atoms with van der Waals surface area (Å²) in [6.45, 7) is 12.8. The summed E-state index contributed by atoms with van der Waals surface area (Å²) in [7, 11) is 0. The number of nitrogens with zero attached hydrogens (tertiary/aromatic N) is 4. The molecule has 0 radical (unpaired) electrons. The summed E-state index contributed by atoms with van der Waals surface area (Å²) in [5.41, 5.74) is 0.526. The van der Waals surface area contributed by atoms with Crippen molar-refractivity contribution in [2.45, 2.75) is 59.5 Å². The number of fused-ring (bicyclic) bond motifs is 1. The van der Waals surface area contributed by atoms with Crippen molar-refractivity contribution >= 4 is 5.91 Å². The van der Waals surface area contributed by atoms with Crippen LogP contribution in [-0.2, 0) is 13.0 Å². The van der Waals surface area contributed by atoms with Gasteiger partial charge in [0, 0.05) is 32.6 Å². The molecular weight excluding hydrogens is 354 g/mol. The van der Waals surface area contributed by atoms with E-state index in [0.717, 1.165) is 50.2 Å². The van der Waals surface area contributed by atoms with Crippen molar-refractivity contribution in [3.05, 3.63) is 35.8 Å². The van der Waals surface area contributed by atoms with Gasteiger partial charge in [-0.1, -0.05) is 40.5 Å². The lowest BCUT2D eigenvalue weighted by atomic mass is 10.0. The molecule has 0 fully saturated rings. The summed E-state index contributed by atoms with van der Waals surface area (Å²) >= 11 is 0. The van der Waals surface area contributed by atoms with Gasteiger partial charge in [-0.25, -0.2) is 0 Å². The predicted molar refractivity (Wildman–Crippen MR) is 108 cm³/mol. The molecule has 1 aliphatic heterocycles. The van der Waals surface area contributed by atoms with Gasteiger partial charge in [0.1, 0.15) is 12.1 Å².